The zero-order chi connectivity index (χ0) is 57.3. The second kappa shape index (κ2) is 57.2. The van der Waals surface area contributed by atoms with Crippen LogP contribution in [-0.4, -0.2) is 100 Å². The fourth-order valence-corrected chi connectivity index (χ4v) is 10.2. The normalized spacial score (nSPS) is 18.8. The second-order valence-electron chi connectivity index (χ2n) is 22.8. The third-order valence-electron chi connectivity index (χ3n) is 15.4. The molecule has 1 heterocycles. The van der Waals surface area contributed by atoms with Gasteiger partial charge in [0.2, 0.25) is 5.91 Å². The minimum Gasteiger partial charge on any atom is -0.466 e. The predicted octanol–water partition coefficient (Wildman–Crippen LogP) is 16.2. The number of esters is 1. The highest BCUT2D eigenvalue weighted by molar-refractivity contribution is 5.76. The highest BCUT2D eigenvalue weighted by atomic mass is 16.7. The highest BCUT2D eigenvalue weighted by Crippen LogP contribution is 2.23. The Kier molecular flexibility index (Phi) is 53.8. The SMILES string of the molecule is C/C=C/CC/C=C/CC/C=C/C(O)C(COC1OC(CO)C(O)C(O)C1O)NC(=O)CCCCCCCCCCC/C=C\C/C=C\CCCCCCCCCCCOC(=O)CCCCCCCCCCCCCCCCCCC. The van der Waals surface area contributed by atoms with Crippen molar-refractivity contribution in [2.75, 3.05) is 19.8 Å². The van der Waals surface area contributed by atoms with Gasteiger partial charge in [0.25, 0.3) is 0 Å². The largest absolute Gasteiger partial charge is 0.466 e. The molecule has 7 atom stereocenters. The number of aliphatic hydroxyl groups excluding tert-OH is 5. The zero-order valence-corrected chi connectivity index (χ0v) is 50.8. The van der Waals surface area contributed by atoms with Crippen LogP contribution in [0, 0.1) is 0 Å². The van der Waals surface area contributed by atoms with Gasteiger partial charge >= 0.3 is 5.97 Å². The van der Waals surface area contributed by atoms with E-state index in [4.69, 9.17) is 14.2 Å². The van der Waals surface area contributed by atoms with E-state index in [1.807, 2.05) is 19.1 Å². The molecule has 0 saturated carbocycles. The first-order valence-corrected chi connectivity index (χ1v) is 33.0. The summed E-state index contributed by atoms with van der Waals surface area (Å²) in [5.74, 6) is -0.205. The quantitative estimate of drug-likeness (QED) is 0.0195. The van der Waals surface area contributed by atoms with E-state index in [1.54, 1.807) is 6.08 Å². The number of unbranched alkanes of at least 4 members (excludes halogenated alkanes) is 36. The van der Waals surface area contributed by atoms with Gasteiger partial charge in [0, 0.05) is 12.8 Å². The summed E-state index contributed by atoms with van der Waals surface area (Å²) in [5.41, 5.74) is 0. The van der Waals surface area contributed by atoms with E-state index in [9.17, 15) is 35.1 Å². The first-order valence-electron chi connectivity index (χ1n) is 33.0. The van der Waals surface area contributed by atoms with Gasteiger partial charge in [-0.05, 0) is 84.0 Å². The minimum absolute atomic E-state index is 0.00126. The van der Waals surface area contributed by atoms with Gasteiger partial charge in [0.05, 0.1) is 32.0 Å². The minimum atomic E-state index is -1.58. The summed E-state index contributed by atoms with van der Waals surface area (Å²) in [6, 6.07) is -0.839. The molecule has 1 saturated heterocycles. The smallest absolute Gasteiger partial charge is 0.305 e. The lowest BCUT2D eigenvalue weighted by Gasteiger charge is -2.40. The molecule has 1 rings (SSSR count). The topological polar surface area (TPSA) is 175 Å². The summed E-state index contributed by atoms with van der Waals surface area (Å²) in [5, 5.41) is 54.2. The van der Waals surface area contributed by atoms with Crippen molar-refractivity contribution in [3.05, 3.63) is 60.8 Å². The lowest BCUT2D eigenvalue weighted by Crippen LogP contribution is -2.60. The van der Waals surface area contributed by atoms with Gasteiger partial charge in [-0.2, -0.15) is 0 Å². The average molecular weight is 1110 g/mol. The fourth-order valence-electron chi connectivity index (χ4n) is 10.2. The molecule has 0 spiro atoms. The standard InChI is InChI=1S/C68H123NO10/c1-3-5-7-9-11-13-14-15-16-26-30-33-36-40-44-48-52-56-64(73)77-57-53-49-45-41-37-34-31-28-25-23-21-19-17-18-20-22-24-27-29-32-35-39-43-47-51-55-63(72)69-60(61(71)54-50-46-42-38-12-10-8-6-4-2)59-78-68-67(76)66(75)65(74)62(58-70)79-68/h4,6,12,18-21,38,50,54,60-62,65-68,70-71,74-76H,3,5,7-11,13-17,22-37,39-49,51-53,55-59H2,1-2H3,(H,69,72)/b6-4+,20-18-,21-19-,38-12+,54-50+. The number of rotatable bonds is 57. The van der Waals surface area contributed by atoms with E-state index in [-0.39, 0.29) is 18.5 Å². The average Bonchev–Trinajstić information content (AvgIpc) is 3.46. The van der Waals surface area contributed by atoms with E-state index in [0.29, 0.717) is 19.4 Å². The number of hydrogen-bond acceptors (Lipinski definition) is 10. The van der Waals surface area contributed by atoms with Crippen LogP contribution in [0.2, 0.25) is 0 Å². The molecule has 0 aliphatic carbocycles. The van der Waals surface area contributed by atoms with Crippen LogP contribution >= 0.6 is 0 Å². The summed E-state index contributed by atoms with van der Waals surface area (Å²) in [4.78, 5) is 25.1. The van der Waals surface area contributed by atoms with Gasteiger partial charge in [-0.3, -0.25) is 9.59 Å². The van der Waals surface area contributed by atoms with Crippen LogP contribution < -0.4 is 5.32 Å². The fraction of sp³-hybridized carbons (Fsp3) is 0.824. The molecule has 6 N–H and O–H groups in total. The molecule has 1 aliphatic rings. The summed E-state index contributed by atoms with van der Waals surface area (Å²) >= 11 is 0. The molecule has 0 aromatic heterocycles. The Morgan fingerprint density at radius 2 is 0.911 bits per heavy atom. The molecule has 11 heteroatoms. The van der Waals surface area contributed by atoms with Crippen LogP contribution in [0.15, 0.2) is 60.8 Å². The van der Waals surface area contributed by atoms with Crippen molar-refractivity contribution >= 4 is 11.9 Å². The maximum atomic E-state index is 13.0. The third-order valence-corrected chi connectivity index (χ3v) is 15.4. The molecule has 7 unspecified atom stereocenters. The summed E-state index contributed by atoms with van der Waals surface area (Å²) in [7, 11) is 0. The van der Waals surface area contributed by atoms with Crippen LogP contribution in [0.5, 0.6) is 0 Å². The Labute approximate surface area is 484 Å². The van der Waals surface area contributed by atoms with Crippen molar-refractivity contribution < 1.29 is 49.3 Å². The van der Waals surface area contributed by atoms with Gasteiger partial charge in [-0.25, -0.2) is 0 Å². The number of carbonyl (C=O) groups excluding carboxylic acids is 2. The third kappa shape index (κ3) is 46.5. The second-order valence-corrected chi connectivity index (χ2v) is 22.8. The lowest BCUT2D eigenvalue weighted by atomic mass is 9.99. The monoisotopic (exact) mass is 1110 g/mol. The summed E-state index contributed by atoms with van der Waals surface area (Å²) in [6.45, 7) is 4.09. The van der Waals surface area contributed by atoms with Crippen molar-refractivity contribution in [1.29, 1.82) is 0 Å². The summed E-state index contributed by atoms with van der Waals surface area (Å²) in [6.07, 6.45) is 65.2. The van der Waals surface area contributed by atoms with Gasteiger partial charge in [-0.15, -0.1) is 0 Å². The van der Waals surface area contributed by atoms with E-state index < -0.39 is 49.5 Å². The van der Waals surface area contributed by atoms with Crippen molar-refractivity contribution in [1.82, 2.24) is 5.32 Å². The van der Waals surface area contributed by atoms with E-state index in [1.165, 1.54) is 180 Å². The Morgan fingerprint density at radius 3 is 1.39 bits per heavy atom. The number of hydrogen-bond donors (Lipinski definition) is 6. The van der Waals surface area contributed by atoms with Gasteiger partial charge in [-0.1, -0.05) is 260 Å². The highest BCUT2D eigenvalue weighted by Gasteiger charge is 2.44. The molecule has 0 aromatic rings. The Morgan fingerprint density at radius 1 is 0.494 bits per heavy atom. The molecule has 1 fully saturated rings. The molecule has 1 amide bonds. The first-order chi connectivity index (χ1) is 38.7. The molecule has 0 aromatic carbocycles. The predicted molar refractivity (Wildman–Crippen MR) is 329 cm³/mol. The van der Waals surface area contributed by atoms with Crippen LogP contribution in [-0.2, 0) is 23.8 Å². The van der Waals surface area contributed by atoms with Crippen LogP contribution in [0.1, 0.15) is 296 Å². The molecule has 11 nitrogen and oxygen atoms in total. The molecular weight excluding hydrogens is 991 g/mol. The van der Waals surface area contributed by atoms with Crippen LogP contribution in [0.3, 0.4) is 0 Å². The number of allylic oxidation sites excluding steroid dienone is 9. The van der Waals surface area contributed by atoms with E-state index in [0.717, 1.165) is 89.9 Å². The van der Waals surface area contributed by atoms with E-state index >= 15 is 0 Å². The van der Waals surface area contributed by atoms with Crippen molar-refractivity contribution in [2.45, 2.75) is 339 Å². The molecular formula is C68H123NO10. The maximum Gasteiger partial charge on any atom is 0.305 e. The van der Waals surface area contributed by atoms with Crippen LogP contribution in [0.4, 0.5) is 0 Å². The van der Waals surface area contributed by atoms with Crippen molar-refractivity contribution in [2.24, 2.45) is 0 Å². The van der Waals surface area contributed by atoms with Crippen molar-refractivity contribution in [3.63, 3.8) is 0 Å². The van der Waals surface area contributed by atoms with Gasteiger partial charge in [0.1, 0.15) is 24.4 Å². The van der Waals surface area contributed by atoms with Gasteiger partial charge < -0.3 is 45.1 Å². The molecule has 460 valence electrons. The number of carbonyl (C=O) groups is 2. The lowest BCUT2D eigenvalue weighted by molar-refractivity contribution is -0.302. The molecule has 0 radical (unpaired) electrons. The Hall–Kier alpha value is -2.64. The number of aliphatic hydroxyl groups is 5. The first kappa shape index (κ1) is 74.4. The number of nitrogens with one attached hydrogen (secondary N) is 1. The van der Waals surface area contributed by atoms with E-state index in [2.05, 4.69) is 54.8 Å². The number of ether oxygens (including phenoxy) is 3. The number of amides is 1. The van der Waals surface area contributed by atoms with Gasteiger partial charge in [0.15, 0.2) is 6.29 Å². The molecule has 79 heavy (non-hydrogen) atoms. The zero-order valence-electron chi connectivity index (χ0n) is 50.8. The summed E-state index contributed by atoms with van der Waals surface area (Å²) < 4.78 is 16.7. The van der Waals surface area contributed by atoms with Crippen LogP contribution in [0.25, 0.3) is 0 Å². The molecule has 0 bridgehead atoms. The maximum absolute atomic E-state index is 13.0. The molecule has 1 aliphatic heterocycles. The Bertz CT molecular complexity index is 1500. The van der Waals surface area contributed by atoms with Crippen molar-refractivity contribution in [3.8, 4) is 0 Å². The Balaban J connectivity index is 1.97.